The van der Waals surface area contributed by atoms with Crippen molar-refractivity contribution in [1.82, 2.24) is 19.7 Å². The number of carbonyl (C=O) groups is 1. The van der Waals surface area contributed by atoms with Crippen molar-refractivity contribution in [2.24, 2.45) is 0 Å². The van der Waals surface area contributed by atoms with Crippen LogP contribution in [0.5, 0.6) is 11.6 Å². The predicted octanol–water partition coefficient (Wildman–Crippen LogP) is 3.73. The summed E-state index contributed by atoms with van der Waals surface area (Å²) >= 11 is 0. The molecule has 0 fully saturated rings. The number of anilines is 1. The zero-order valence-electron chi connectivity index (χ0n) is 15.3. The van der Waals surface area contributed by atoms with Gasteiger partial charge in [-0.3, -0.25) is 4.79 Å². The van der Waals surface area contributed by atoms with Gasteiger partial charge in [0.1, 0.15) is 12.1 Å². The molecule has 0 bridgehead atoms. The second-order valence-electron chi connectivity index (χ2n) is 5.95. The van der Waals surface area contributed by atoms with Crippen molar-refractivity contribution in [3.05, 3.63) is 53.6 Å². The molecule has 1 aromatic carbocycles. The molecule has 26 heavy (non-hydrogen) atoms. The summed E-state index contributed by atoms with van der Waals surface area (Å²) in [7, 11) is 0. The summed E-state index contributed by atoms with van der Waals surface area (Å²) in [6.45, 7) is 7.81. The molecule has 0 aliphatic carbocycles. The Morgan fingerprint density at radius 1 is 1.15 bits per heavy atom. The van der Waals surface area contributed by atoms with Gasteiger partial charge in [0.05, 0.1) is 5.69 Å². The third-order valence-corrected chi connectivity index (χ3v) is 4.18. The number of ether oxygens (including phenoxy) is 1. The summed E-state index contributed by atoms with van der Waals surface area (Å²) in [6, 6.07) is 8.87. The molecule has 0 spiro atoms. The SMILES string of the molecule is CCC(=O)Nc1ccc(Oc2cc(-n3nc(C)c(C)c3C)ncn2)cc1. The van der Waals surface area contributed by atoms with Gasteiger partial charge in [-0.2, -0.15) is 5.10 Å². The Morgan fingerprint density at radius 3 is 2.50 bits per heavy atom. The van der Waals surface area contributed by atoms with Gasteiger partial charge in [-0.15, -0.1) is 0 Å². The van der Waals surface area contributed by atoms with Crippen LogP contribution in [0.25, 0.3) is 5.82 Å². The number of rotatable bonds is 5. The number of nitrogens with one attached hydrogen (secondary N) is 1. The molecule has 3 aromatic rings. The van der Waals surface area contributed by atoms with Gasteiger partial charge in [0, 0.05) is 23.9 Å². The van der Waals surface area contributed by atoms with E-state index in [1.54, 1.807) is 35.0 Å². The predicted molar refractivity (Wildman–Crippen MR) is 98.8 cm³/mol. The van der Waals surface area contributed by atoms with Crippen LogP contribution < -0.4 is 10.1 Å². The van der Waals surface area contributed by atoms with E-state index in [4.69, 9.17) is 4.74 Å². The topological polar surface area (TPSA) is 81.9 Å². The van der Waals surface area contributed by atoms with E-state index in [1.165, 1.54) is 6.33 Å². The standard InChI is InChI=1S/C19H21N5O2/c1-5-18(25)22-15-6-8-16(9-7-15)26-19-10-17(20-11-21-19)24-14(4)12(2)13(3)23-24/h6-11H,5H2,1-4H3,(H,22,25). The normalized spacial score (nSPS) is 10.6. The van der Waals surface area contributed by atoms with Crippen LogP contribution in [0.2, 0.25) is 0 Å². The van der Waals surface area contributed by atoms with Crippen LogP contribution in [-0.4, -0.2) is 25.7 Å². The first-order chi connectivity index (χ1) is 12.5. The molecular weight excluding hydrogens is 330 g/mol. The average Bonchev–Trinajstić information content (AvgIpc) is 2.91. The lowest BCUT2D eigenvalue weighted by atomic mass is 10.2. The van der Waals surface area contributed by atoms with E-state index in [0.717, 1.165) is 22.6 Å². The second-order valence-corrected chi connectivity index (χ2v) is 5.95. The molecule has 0 unspecified atom stereocenters. The fourth-order valence-corrected chi connectivity index (χ4v) is 2.42. The van der Waals surface area contributed by atoms with Crippen molar-refractivity contribution in [1.29, 1.82) is 0 Å². The summed E-state index contributed by atoms with van der Waals surface area (Å²) in [6.07, 6.45) is 1.89. The Labute approximate surface area is 152 Å². The molecule has 0 saturated carbocycles. The summed E-state index contributed by atoms with van der Waals surface area (Å²) in [4.78, 5) is 19.9. The van der Waals surface area contributed by atoms with Gasteiger partial charge in [-0.1, -0.05) is 6.92 Å². The van der Waals surface area contributed by atoms with Gasteiger partial charge < -0.3 is 10.1 Å². The van der Waals surface area contributed by atoms with Crippen molar-refractivity contribution in [3.8, 4) is 17.4 Å². The van der Waals surface area contributed by atoms with Crippen LogP contribution in [0.1, 0.15) is 30.3 Å². The zero-order chi connectivity index (χ0) is 18.7. The molecular formula is C19H21N5O2. The summed E-state index contributed by atoms with van der Waals surface area (Å²) in [5.74, 6) is 1.66. The van der Waals surface area contributed by atoms with Crippen molar-refractivity contribution in [2.75, 3.05) is 5.32 Å². The van der Waals surface area contributed by atoms with Crippen molar-refractivity contribution < 1.29 is 9.53 Å². The Hall–Kier alpha value is -3.22. The maximum absolute atomic E-state index is 11.4. The second kappa shape index (κ2) is 7.35. The third-order valence-electron chi connectivity index (χ3n) is 4.18. The van der Waals surface area contributed by atoms with Crippen LogP contribution in [0, 0.1) is 20.8 Å². The van der Waals surface area contributed by atoms with Crippen molar-refractivity contribution in [3.63, 3.8) is 0 Å². The van der Waals surface area contributed by atoms with E-state index in [1.807, 2.05) is 27.7 Å². The monoisotopic (exact) mass is 351 g/mol. The molecule has 0 saturated heterocycles. The number of nitrogens with zero attached hydrogens (tertiary/aromatic N) is 4. The van der Waals surface area contributed by atoms with Crippen LogP contribution in [0.15, 0.2) is 36.7 Å². The van der Waals surface area contributed by atoms with Gasteiger partial charge in [-0.25, -0.2) is 14.6 Å². The number of aryl methyl sites for hydroxylation is 1. The lowest BCUT2D eigenvalue weighted by Crippen LogP contribution is -2.09. The van der Waals surface area contributed by atoms with Crippen LogP contribution in [0.4, 0.5) is 5.69 Å². The summed E-state index contributed by atoms with van der Waals surface area (Å²) < 4.78 is 7.58. The van der Waals surface area contributed by atoms with E-state index in [0.29, 0.717) is 23.9 Å². The number of hydrogen-bond donors (Lipinski definition) is 1. The van der Waals surface area contributed by atoms with Gasteiger partial charge >= 0.3 is 0 Å². The number of amides is 1. The fourth-order valence-electron chi connectivity index (χ4n) is 2.42. The lowest BCUT2D eigenvalue weighted by Gasteiger charge is -2.08. The van der Waals surface area contributed by atoms with Gasteiger partial charge in [-0.05, 0) is 50.6 Å². The number of aromatic nitrogens is 4. The first-order valence-corrected chi connectivity index (χ1v) is 8.41. The Kier molecular flexibility index (Phi) is 4.97. The highest BCUT2D eigenvalue weighted by Crippen LogP contribution is 2.23. The lowest BCUT2D eigenvalue weighted by molar-refractivity contribution is -0.115. The Morgan fingerprint density at radius 2 is 1.88 bits per heavy atom. The third kappa shape index (κ3) is 3.72. The number of benzene rings is 1. The molecule has 2 heterocycles. The Bertz CT molecular complexity index is 932. The minimum absolute atomic E-state index is 0.0284. The van der Waals surface area contributed by atoms with Crippen LogP contribution in [0.3, 0.4) is 0 Å². The first-order valence-electron chi connectivity index (χ1n) is 8.41. The van der Waals surface area contributed by atoms with Crippen molar-refractivity contribution >= 4 is 11.6 Å². The molecule has 0 aliphatic heterocycles. The summed E-state index contributed by atoms with van der Waals surface area (Å²) in [5, 5.41) is 7.30. The van der Waals surface area contributed by atoms with E-state index >= 15 is 0 Å². The van der Waals surface area contributed by atoms with E-state index in [9.17, 15) is 4.79 Å². The fraction of sp³-hybridized carbons (Fsp3) is 0.263. The van der Waals surface area contributed by atoms with Gasteiger partial charge in [0.2, 0.25) is 11.8 Å². The summed E-state index contributed by atoms with van der Waals surface area (Å²) in [5.41, 5.74) is 3.86. The molecule has 1 N–H and O–H groups in total. The zero-order valence-corrected chi connectivity index (χ0v) is 15.3. The average molecular weight is 351 g/mol. The minimum Gasteiger partial charge on any atom is -0.439 e. The number of hydrogen-bond acceptors (Lipinski definition) is 5. The molecule has 0 atom stereocenters. The maximum Gasteiger partial charge on any atom is 0.224 e. The Balaban J connectivity index is 1.78. The molecule has 134 valence electrons. The number of carbonyl (C=O) groups excluding carboxylic acids is 1. The van der Waals surface area contributed by atoms with Crippen LogP contribution in [-0.2, 0) is 4.79 Å². The molecule has 2 aromatic heterocycles. The van der Waals surface area contributed by atoms with Crippen LogP contribution >= 0.6 is 0 Å². The highest BCUT2D eigenvalue weighted by Gasteiger charge is 2.11. The van der Waals surface area contributed by atoms with Crippen molar-refractivity contribution in [2.45, 2.75) is 34.1 Å². The molecule has 3 rings (SSSR count). The van der Waals surface area contributed by atoms with E-state index in [2.05, 4.69) is 20.4 Å². The van der Waals surface area contributed by atoms with Gasteiger partial charge in [0.15, 0.2) is 5.82 Å². The van der Waals surface area contributed by atoms with Gasteiger partial charge in [0.25, 0.3) is 0 Å². The molecule has 1 amide bonds. The largest absolute Gasteiger partial charge is 0.439 e. The molecule has 0 aliphatic rings. The highest BCUT2D eigenvalue weighted by molar-refractivity contribution is 5.90. The smallest absolute Gasteiger partial charge is 0.224 e. The van der Waals surface area contributed by atoms with E-state index < -0.39 is 0 Å². The highest BCUT2D eigenvalue weighted by atomic mass is 16.5. The van der Waals surface area contributed by atoms with E-state index in [-0.39, 0.29) is 5.91 Å². The quantitative estimate of drug-likeness (QED) is 0.757. The first kappa shape index (κ1) is 17.6. The molecule has 0 radical (unpaired) electrons. The molecule has 7 nitrogen and oxygen atoms in total. The molecule has 7 heteroatoms. The maximum atomic E-state index is 11.4. The minimum atomic E-state index is -0.0284.